The Hall–Kier alpha value is -0.330. The Labute approximate surface area is 36.7 Å². The number of allylic oxidation sites excluding steroid dienone is 2. The summed E-state index contributed by atoms with van der Waals surface area (Å²) in [5, 5.41) is 0. The normalized spacial score (nSPS) is 19.0. The Balaban J connectivity index is 2.38. The number of alkyl halides is 1. The van der Waals surface area contributed by atoms with Crippen molar-refractivity contribution < 1.29 is 4.39 Å². The van der Waals surface area contributed by atoms with E-state index in [1.807, 2.05) is 6.92 Å². The molecule has 0 unspecified atom stereocenters. The van der Waals surface area contributed by atoms with Crippen LogP contribution in [0.5, 0.6) is 0 Å². The molecule has 0 nitrogen and oxygen atoms in total. The molecule has 0 aromatic carbocycles. The number of rotatable bonds is 1. The van der Waals surface area contributed by atoms with Crippen molar-refractivity contribution in [3.8, 4) is 0 Å². The molecule has 0 heterocycles. The summed E-state index contributed by atoms with van der Waals surface area (Å²) in [7, 11) is 0. The Kier molecular flexibility index (Phi) is 0.685. The lowest BCUT2D eigenvalue weighted by Crippen LogP contribution is -1.58. The Morgan fingerprint density at radius 1 is 1.83 bits per heavy atom. The molecule has 0 aromatic rings. The summed E-state index contributed by atoms with van der Waals surface area (Å²) in [4.78, 5) is 0. The molecular formula is C5H7F. The monoisotopic (exact) mass is 86.1 g/mol. The molecule has 1 rings (SSSR count). The molecule has 0 N–H and O–H groups in total. The maximum Gasteiger partial charge on any atom is 0.111 e. The van der Waals surface area contributed by atoms with E-state index in [1.165, 1.54) is 5.57 Å². The lowest BCUT2D eigenvalue weighted by atomic mass is 10.6. The fourth-order valence-corrected chi connectivity index (χ4v) is 0.437. The van der Waals surface area contributed by atoms with Crippen LogP contribution in [0.3, 0.4) is 0 Å². The fourth-order valence-electron chi connectivity index (χ4n) is 0.437. The van der Waals surface area contributed by atoms with Gasteiger partial charge in [0.05, 0.1) is 0 Å². The number of hydrogen-bond acceptors (Lipinski definition) is 0. The second kappa shape index (κ2) is 1.07. The van der Waals surface area contributed by atoms with Gasteiger partial charge in [0.25, 0.3) is 0 Å². The van der Waals surface area contributed by atoms with E-state index in [-0.39, 0.29) is 6.67 Å². The van der Waals surface area contributed by atoms with Gasteiger partial charge in [-0.3, -0.25) is 0 Å². The van der Waals surface area contributed by atoms with E-state index in [0.717, 1.165) is 12.0 Å². The van der Waals surface area contributed by atoms with Gasteiger partial charge in [0.1, 0.15) is 6.67 Å². The van der Waals surface area contributed by atoms with Gasteiger partial charge in [-0.15, -0.1) is 0 Å². The van der Waals surface area contributed by atoms with Gasteiger partial charge in [-0.1, -0.05) is 5.57 Å². The molecule has 0 aromatic heterocycles. The largest absolute Gasteiger partial charge is 0.246 e. The summed E-state index contributed by atoms with van der Waals surface area (Å²) in [6.07, 6.45) is 0.955. The smallest absolute Gasteiger partial charge is 0.111 e. The molecule has 0 fully saturated rings. The molecule has 0 spiro atoms. The second-order valence-electron chi connectivity index (χ2n) is 1.69. The minimum absolute atomic E-state index is 0.216. The van der Waals surface area contributed by atoms with E-state index in [2.05, 4.69) is 0 Å². The number of hydrogen-bond donors (Lipinski definition) is 0. The van der Waals surface area contributed by atoms with Crippen molar-refractivity contribution in [2.75, 3.05) is 6.67 Å². The Morgan fingerprint density at radius 2 is 2.33 bits per heavy atom. The van der Waals surface area contributed by atoms with Crippen molar-refractivity contribution in [3.63, 3.8) is 0 Å². The minimum Gasteiger partial charge on any atom is -0.246 e. The van der Waals surface area contributed by atoms with Gasteiger partial charge in [-0.2, -0.15) is 0 Å². The SMILES string of the molecule is CC1=C(CF)C1. The van der Waals surface area contributed by atoms with Crippen molar-refractivity contribution in [2.24, 2.45) is 0 Å². The molecule has 0 aliphatic heterocycles. The highest BCUT2D eigenvalue weighted by Crippen LogP contribution is 2.29. The molecule has 0 radical (unpaired) electrons. The average Bonchev–Trinajstić information content (AvgIpc) is 2.19. The standard InChI is InChI=1S/C5H7F/c1-4-2-5(4)3-6/h2-3H2,1H3. The van der Waals surface area contributed by atoms with E-state index in [9.17, 15) is 4.39 Å². The average molecular weight is 86.1 g/mol. The third kappa shape index (κ3) is 0.445. The van der Waals surface area contributed by atoms with Crippen LogP contribution in [0, 0.1) is 0 Å². The third-order valence-corrected chi connectivity index (χ3v) is 1.12. The molecule has 0 saturated heterocycles. The molecule has 1 heteroatoms. The lowest BCUT2D eigenvalue weighted by Gasteiger charge is -1.64. The maximum absolute atomic E-state index is 11.4. The van der Waals surface area contributed by atoms with E-state index in [0.29, 0.717) is 0 Å². The highest BCUT2D eigenvalue weighted by Gasteiger charge is 2.14. The van der Waals surface area contributed by atoms with Crippen LogP contribution in [-0.4, -0.2) is 6.67 Å². The fraction of sp³-hybridized carbons (Fsp3) is 0.600. The van der Waals surface area contributed by atoms with E-state index in [4.69, 9.17) is 0 Å². The first-order chi connectivity index (χ1) is 2.84. The molecule has 0 atom stereocenters. The Bertz CT molecular complexity index is 92.1. The first-order valence-electron chi connectivity index (χ1n) is 2.08. The first kappa shape index (κ1) is 3.85. The van der Waals surface area contributed by atoms with Crippen LogP contribution in [0.25, 0.3) is 0 Å². The van der Waals surface area contributed by atoms with Gasteiger partial charge < -0.3 is 0 Å². The van der Waals surface area contributed by atoms with Crippen molar-refractivity contribution in [1.29, 1.82) is 0 Å². The predicted octanol–water partition coefficient (Wildman–Crippen LogP) is 1.68. The van der Waals surface area contributed by atoms with Gasteiger partial charge >= 0.3 is 0 Å². The molecule has 0 bridgehead atoms. The van der Waals surface area contributed by atoms with Gasteiger partial charge in [0, 0.05) is 0 Å². The summed E-state index contributed by atoms with van der Waals surface area (Å²) >= 11 is 0. The molecule has 1 aliphatic carbocycles. The zero-order valence-corrected chi connectivity index (χ0v) is 3.79. The highest BCUT2D eigenvalue weighted by atomic mass is 19.1. The van der Waals surface area contributed by atoms with Crippen LogP contribution in [0.1, 0.15) is 13.3 Å². The minimum atomic E-state index is -0.216. The summed E-state index contributed by atoms with van der Waals surface area (Å²) in [6.45, 7) is 1.75. The van der Waals surface area contributed by atoms with Gasteiger partial charge in [0.15, 0.2) is 0 Å². The van der Waals surface area contributed by atoms with Crippen LogP contribution < -0.4 is 0 Å². The highest BCUT2D eigenvalue weighted by molar-refractivity contribution is 5.32. The summed E-state index contributed by atoms with van der Waals surface area (Å²) in [6, 6.07) is 0. The number of halogens is 1. The van der Waals surface area contributed by atoms with Gasteiger partial charge in [0.2, 0.25) is 0 Å². The van der Waals surface area contributed by atoms with E-state index in [1.54, 1.807) is 0 Å². The van der Waals surface area contributed by atoms with Crippen molar-refractivity contribution in [3.05, 3.63) is 11.1 Å². The van der Waals surface area contributed by atoms with Crippen LogP contribution in [-0.2, 0) is 0 Å². The molecule has 0 saturated carbocycles. The predicted molar refractivity (Wildman–Crippen MR) is 23.3 cm³/mol. The summed E-state index contributed by atoms with van der Waals surface area (Å²) in [5.74, 6) is 0. The molecule has 1 aliphatic rings. The lowest BCUT2D eigenvalue weighted by molar-refractivity contribution is 0.550. The first-order valence-corrected chi connectivity index (χ1v) is 2.08. The molecular weight excluding hydrogens is 79.1 g/mol. The van der Waals surface area contributed by atoms with Crippen molar-refractivity contribution >= 4 is 0 Å². The van der Waals surface area contributed by atoms with Gasteiger partial charge in [-0.25, -0.2) is 4.39 Å². The van der Waals surface area contributed by atoms with Crippen LogP contribution in [0.15, 0.2) is 11.1 Å². The topological polar surface area (TPSA) is 0 Å². The van der Waals surface area contributed by atoms with Crippen molar-refractivity contribution in [1.82, 2.24) is 0 Å². The zero-order valence-electron chi connectivity index (χ0n) is 3.79. The van der Waals surface area contributed by atoms with Crippen LogP contribution in [0.2, 0.25) is 0 Å². The maximum atomic E-state index is 11.4. The van der Waals surface area contributed by atoms with Crippen molar-refractivity contribution in [2.45, 2.75) is 13.3 Å². The van der Waals surface area contributed by atoms with E-state index >= 15 is 0 Å². The molecule has 6 heavy (non-hydrogen) atoms. The second-order valence-corrected chi connectivity index (χ2v) is 1.69. The third-order valence-electron chi connectivity index (χ3n) is 1.12. The molecule has 34 valence electrons. The van der Waals surface area contributed by atoms with Gasteiger partial charge in [-0.05, 0) is 18.9 Å². The summed E-state index contributed by atoms with van der Waals surface area (Å²) < 4.78 is 11.4. The quantitative estimate of drug-likeness (QED) is 0.426. The van der Waals surface area contributed by atoms with E-state index < -0.39 is 0 Å². The Morgan fingerprint density at radius 3 is 2.33 bits per heavy atom. The van der Waals surface area contributed by atoms with Crippen LogP contribution >= 0.6 is 0 Å². The summed E-state index contributed by atoms with van der Waals surface area (Å²) in [5.41, 5.74) is 2.26. The van der Waals surface area contributed by atoms with Crippen LogP contribution in [0.4, 0.5) is 4.39 Å². The molecule has 0 amide bonds. The zero-order chi connectivity index (χ0) is 4.57.